The van der Waals surface area contributed by atoms with Gasteiger partial charge < -0.3 is 10.4 Å². The summed E-state index contributed by atoms with van der Waals surface area (Å²) < 4.78 is 39.6. The molecule has 0 aliphatic rings. The Morgan fingerprint density at radius 3 is 2.68 bits per heavy atom. The number of carbonyl (C=O) groups excluding carboxylic acids is 1. The molecule has 1 unspecified atom stereocenters. The van der Waals surface area contributed by atoms with Crippen molar-refractivity contribution in [1.82, 2.24) is 25.1 Å². The van der Waals surface area contributed by atoms with E-state index in [4.69, 9.17) is 5.11 Å². The van der Waals surface area contributed by atoms with Gasteiger partial charge in [-0.2, -0.15) is 5.10 Å². The molecule has 0 aliphatic heterocycles. The molecule has 2 N–H and O–H groups in total. The van der Waals surface area contributed by atoms with E-state index in [1.165, 1.54) is 36.8 Å². The smallest absolute Gasteiger partial charge is 0.254 e. The number of nitrogens with zero attached hydrogens (tertiary/aromatic N) is 4. The lowest BCUT2D eigenvalue weighted by Gasteiger charge is -2.15. The molecule has 176 valence electrons. The Morgan fingerprint density at radius 1 is 1.18 bits per heavy atom. The van der Waals surface area contributed by atoms with Gasteiger partial charge in [-0.05, 0) is 55.3 Å². The molecule has 1 amide bonds. The van der Waals surface area contributed by atoms with Crippen LogP contribution in [0.2, 0.25) is 0 Å². The van der Waals surface area contributed by atoms with Crippen LogP contribution in [0, 0.1) is 5.82 Å². The molecule has 0 saturated heterocycles. The number of aliphatic hydroxyl groups excluding tert-OH is 1. The van der Waals surface area contributed by atoms with Gasteiger partial charge in [-0.1, -0.05) is 0 Å². The van der Waals surface area contributed by atoms with Crippen molar-refractivity contribution in [2.75, 3.05) is 12.4 Å². The number of halogens is 1. The molecule has 34 heavy (non-hydrogen) atoms. The summed E-state index contributed by atoms with van der Waals surface area (Å²) in [7, 11) is -3.64. The van der Waals surface area contributed by atoms with E-state index < -0.39 is 21.8 Å². The second-order valence-corrected chi connectivity index (χ2v) is 9.73. The van der Waals surface area contributed by atoms with Crippen LogP contribution in [0.4, 0.5) is 4.39 Å². The Bertz CT molecular complexity index is 1440. The number of amides is 1. The number of aromatic nitrogens is 4. The first-order valence-electron chi connectivity index (χ1n) is 10.5. The third-order valence-electron chi connectivity index (χ3n) is 5.31. The van der Waals surface area contributed by atoms with E-state index in [0.717, 1.165) is 0 Å². The quantitative estimate of drug-likeness (QED) is 0.394. The van der Waals surface area contributed by atoms with Crippen molar-refractivity contribution < 1.29 is 22.7 Å². The zero-order chi connectivity index (χ0) is 24.3. The Kier molecular flexibility index (Phi) is 6.66. The molecule has 4 aromatic rings. The third-order valence-corrected chi connectivity index (χ3v) is 7.00. The Labute approximate surface area is 195 Å². The minimum atomic E-state index is -3.64. The van der Waals surface area contributed by atoms with Gasteiger partial charge in [-0.15, -0.1) is 0 Å². The largest absolute Gasteiger partial charge is 0.396 e. The average molecular weight is 484 g/mol. The van der Waals surface area contributed by atoms with Gasteiger partial charge in [0, 0.05) is 24.4 Å². The molecular weight excluding hydrogens is 461 g/mol. The van der Waals surface area contributed by atoms with Crippen LogP contribution >= 0.6 is 0 Å². The maximum Gasteiger partial charge on any atom is 0.254 e. The van der Waals surface area contributed by atoms with Crippen LogP contribution in [0.15, 0.2) is 66.2 Å². The molecule has 1 atom stereocenters. The molecule has 0 spiro atoms. The maximum atomic E-state index is 13.3. The lowest BCUT2D eigenvalue weighted by atomic mass is 10.1. The highest BCUT2D eigenvalue weighted by atomic mass is 32.2. The van der Waals surface area contributed by atoms with Gasteiger partial charge in [0.2, 0.25) is 0 Å². The van der Waals surface area contributed by atoms with E-state index in [1.807, 2.05) is 0 Å². The number of rotatable bonds is 8. The summed E-state index contributed by atoms with van der Waals surface area (Å²) in [6.07, 6.45) is 6.02. The fourth-order valence-electron chi connectivity index (χ4n) is 3.49. The number of fused-ring (bicyclic) bond motifs is 1. The second-order valence-electron chi connectivity index (χ2n) is 7.67. The molecule has 0 bridgehead atoms. The number of hydrogen-bond donors (Lipinski definition) is 2. The molecule has 4 rings (SSSR count). The van der Waals surface area contributed by atoms with E-state index in [2.05, 4.69) is 20.4 Å². The zero-order valence-corrected chi connectivity index (χ0v) is 19.0. The van der Waals surface area contributed by atoms with Crippen LogP contribution in [0.1, 0.15) is 35.3 Å². The molecule has 11 heteroatoms. The van der Waals surface area contributed by atoms with Crippen LogP contribution in [0.3, 0.4) is 0 Å². The Hall–Kier alpha value is -3.70. The predicted molar refractivity (Wildman–Crippen MR) is 123 cm³/mol. The van der Waals surface area contributed by atoms with Crippen LogP contribution in [-0.2, 0) is 9.84 Å². The fourth-order valence-corrected chi connectivity index (χ4v) is 4.75. The highest BCUT2D eigenvalue weighted by Gasteiger charge is 2.20. The standard InChI is InChI=1S/C23H22FN5O4S/c1-15(16-7-8-26-22(11-16)34(32,33)10-2-9-30)28-23(31)20-12-25-14-21-19(20)13-27-29(21)18-5-3-17(24)4-6-18/h3-8,11-15,30H,2,9-10H2,1H3,(H,28,31). The molecular formula is C23H22FN5O4S. The van der Waals surface area contributed by atoms with Crippen molar-refractivity contribution in [3.63, 3.8) is 0 Å². The normalized spacial score (nSPS) is 12.6. The Morgan fingerprint density at radius 2 is 1.94 bits per heavy atom. The van der Waals surface area contributed by atoms with Gasteiger partial charge in [-0.25, -0.2) is 22.5 Å². The van der Waals surface area contributed by atoms with E-state index in [9.17, 15) is 17.6 Å². The molecule has 0 fully saturated rings. The van der Waals surface area contributed by atoms with Gasteiger partial charge in [0.1, 0.15) is 5.82 Å². The van der Waals surface area contributed by atoms with E-state index in [0.29, 0.717) is 27.7 Å². The lowest BCUT2D eigenvalue weighted by Crippen LogP contribution is -2.27. The van der Waals surface area contributed by atoms with E-state index in [1.54, 1.807) is 36.0 Å². The second kappa shape index (κ2) is 9.65. The number of nitrogens with one attached hydrogen (secondary N) is 1. The minimum absolute atomic E-state index is 0.108. The van der Waals surface area contributed by atoms with Gasteiger partial charge in [-0.3, -0.25) is 9.78 Å². The first kappa shape index (κ1) is 23.5. The number of sulfone groups is 1. The topological polar surface area (TPSA) is 127 Å². The Balaban J connectivity index is 1.58. The van der Waals surface area contributed by atoms with Crippen LogP contribution in [-0.4, -0.2) is 51.5 Å². The SMILES string of the molecule is CC(NC(=O)c1cncc2c1cnn2-c1ccc(F)cc1)c1ccnc(S(=O)(=O)CCCO)c1. The summed E-state index contributed by atoms with van der Waals surface area (Å²) in [6, 6.07) is 8.32. The lowest BCUT2D eigenvalue weighted by molar-refractivity contribution is 0.0941. The van der Waals surface area contributed by atoms with Crippen LogP contribution < -0.4 is 5.32 Å². The van der Waals surface area contributed by atoms with E-state index >= 15 is 0 Å². The first-order valence-corrected chi connectivity index (χ1v) is 12.1. The minimum Gasteiger partial charge on any atom is -0.396 e. The van der Waals surface area contributed by atoms with Crippen molar-refractivity contribution in [2.45, 2.75) is 24.4 Å². The zero-order valence-electron chi connectivity index (χ0n) is 18.2. The maximum absolute atomic E-state index is 13.3. The molecule has 1 aromatic carbocycles. The van der Waals surface area contributed by atoms with Gasteiger partial charge >= 0.3 is 0 Å². The molecule has 0 radical (unpaired) electrons. The van der Waals surface area contributed by atoms with Crippen LogP contribution in [0.5, 0.6) is 0 Å². The highest BCUT2D eigenvalue weighted by Crippen LogP contribution is 2.23. The first-order chi connectivity index (χ1) is 16.3. The van der Waals surface area contributed by atoms with Crippen molar-refractivity contribution in [2.24, 2.45) is 0 Å². The summed E-state index contributed by atoms with van der Waals surface area (Å²) >= 11 is 0. The molecule has 3 aromatic heterocycles. The highest BCUT2D eigenvalue weighted by molar-refractivity contribution is 7.91. The number of benzene rings is 1. The van der Waals surface area contributed by atoms with Gasteiger partial charge in [0.25, 0.3) is 5.91 Å². The van der Waals surface area contributed by atoms with Crippen molar-refractivity contribution in [3.05, 3.63) is 78.1 Å². The number of pyridine rings is 2. The van der Waals surface area contributed by atoms with Crippen molar-refractivity contribution in [1.29, 1.82) is 0 Å². The van der Waals surface area contributed by atoms with Crippen LogP contribution in [0.25, 0.3) is 16.6 Å². The van der Waals surface area contributed by atoms with Crippen molar-refractivity contribution >= 4 is 26.6 Å². The third kappa shape index (κ3) is 4.80. The summed E-state index contributed by atoms with van der Waals surface area (Å²) in [5, 5.41) is 16.5. The van der Waals surface area contributed by atoms with Gasteiger partial charge in [0.05, 0.1) is 41.0 Å². The molecule has 3 heterocycles. The van der Waals surface area contributed by atoms with E-state index in [-0.39, 0.29) is 29.6 Å². The predicted octanol–water partition coefficient (Wildman–Crippen LogP) is 2.60. The van der Waals surface area contributed by atoms with Gasteiger partial charge in [0.15, 0.2) is 14.9 Å². The van der Waals surface area contributed by atoms with Crippen molar-refractivity contribution in [3.8, 4) is 5.69 Å². The summed E-state index contributed by atoms with van der Waals surface area (Å²) in [6.45, 7) is 1.50. The number of hydrogen-bond acceptors (Lipinski definition) is 7. The average Bonchev–Trinajstić information content (AvgIpc) is 3.27. The summed E-state index contributed by atoms with van der Waals surface area (Å²) in [5.74, 6) is -0.995. The summed E-state index contributed by atoms with van der Waals surface area (Å²) in [4.78, 5) is 21.2. The molecule has 9 nitrogen and oxygen atoms in total. The fraction of sp³-hybridized carbons (Fsp3) is 0.217. The monoisotopic (exact) mass is 483 g/mol. The molecule has 0 saturated carbocycles. The summed E-state index contributed by atoms with van der Waals surface area (Å²) in [5.41, 5.74) is 2.06. The number of carbonyl (C=O) groups is 1. The number of aliphatic hydroxyl groups is 1. The molecule has 0 aliphatic carbocycles.